The molecule has 5 rings (SSSR count). The van der Waals surface area contributed by atoms with Gasteiger partial charge in [-0.05, 0) is 73.5 Å². The number of halogens is 1. The Morgan fingerprint density at radius 3 is 2.46 bits per heavy atom. The van der Waals surface area contributed by atoms with Crippen LogP contribution in [0.15, 0.2) is 35.9 Å². The molecule has 7 heteroatoms. The lowest BCUT2D eigenvalue weighted by molar-refractivity contribution is -0.142. The SMILES string of the molecule is CC1=C[C@@H]2C3C(=O)N(NC(=S)Nc4ccc(Cl)cc4)C(=O)C3[C@H]1C[C@@H]2C(C)C. The average molecular weight is 418 g/mol. The second kappa shape index (κ2) is 7.16. The third-order valence-electron chi connectivity index (χ3n) is 6.48. The number of nitrogens with zero attached hydrogens (tertiary/aromatic N) is 1. The lowest BCUT2D eigenvalue weighted by Crippen LogP contribution is -2.48. The van der Waals surface area contributed by atoms with Gasteiger partial charge in [-0.2, -0.15) is 5.01 Å². The summed E-state index contributed by atoms with van der Waals surface area (Å²) < 4.78 is 0. The fourth-order valence-corrected chi connectivity index (χ4v) is 5.48. The Kier molecular flexibility index (Phi) is 4.96. The van der Waals surface area contributed by atoms with Crippen LogP contribution in [0, 0.1) is 35.5 Å². The van der Waals surface area contributed by atoms with E-state index in [-0.39, 0.29) is 40.6 Å². The van der Waals surface area contributed by atoms with Gasteiger partial charge in [-0.3, -0.25) is 15.0 Å². The first-order chi connectivity index (χ1) is 13.3. The molecule has 4 aliphatic rings. The Morgan fingerprint density at radius 1 is 1.18 bits per heavy atom. The number of fused-ring (bicyclic) bond motifs is 1. The second-order valence-corrected chi connectivity index (χ2v) is 9.22. The molecule has 2 amide bonds. The van der Waals surface area contributed by atoms with E-state index in [1.165, 1.54) is 5.57 Å². The van der Waals surface area contributed by atoms with E-state index in [1.54, 1.807) is 24.3 Å². The Bertz CT molecular complexity index is 867. The number of thiocarbonyl (C=S) groups is 1. The summed E-state index contributed by atoms with van der Waals surface area (Å²) in [5, 5.41) is 4.96. The number of nitrogens with one attached hydrogen (secondary N) is 2. The highest BCUT2D eigenvalue weighted by molar-refractivity contribution is 7.80. The zero-order chi connectivity index (χ0) is 20.2. The molecule has 0 spiro atoms. The zero-order valence-electron chi connectivity index (χ0n) is 16.1. The van der Waals surface area contributed by atoms with Crippen molar-refractivity contribution in [3.63, 3.8) is 0 Å². The van der Waals surface area contributed by atoms with Crippen molar-refractivity contribution in [1.82, 2.24) is 10.4 Å². The number of anilines is 1. The van der Waals surface area contributed by atoms with Crippen LogP contribution in [0.5, 0.6) is 0 Å². The zero-order valence-corrected chi connectivity index (χ0v) is 17.7. The minimum absolute atomic E-state index is 0.121. The highest BCUT2D eigenvalue weighted by Gasteiger charge is 2.61. The number of carbonyl (C=O) groups excluding carboxylic acids is 2. The Hall–Kier alpha value is -1.92. The molecule has 2 N–H and O–H groups in total. The van der Waals surface area contributed by atoms with Crippen LogP contribution in [-0.2, 0) is 9.59 Å². The Morgan fingerprint density at radius 2 is 1.82 bits per heavy atom. The van der Waals surface area contributed by atoms with Gasteiger partial charge in [-0.25, -0.2) is 0 Å². The summed E-state index contributed by atoms with van der Waals surface area (Å²) in [6.07, 6.45) is 3.21. The van der Waals surface area contributed by atoms with Gasteiger partial charge < -0.3 is 5.32 Å². The number of allylic oxidation sites excluding steroid dienone is 2. The van der Waals surface area contributed by atoms with E-state index < -0.39 is 0 Å². The van der Waals surface area contributed by atoms with Gasteiger partial charge in [0.05, 0.1) is 11.8 Å². The van der Waals surface area contributed by atoms with E-state index in [2.05, 4.69) is 37.6 Å². The molecule has 3 aliphatic carbocycles. The maximum absolute atomic E-state index is 13.2. The van der Waals surface area contributed by atoms with Gasteiger partial charge in [-0.1, -0.05) is 37.1 Å². The number of hydrazine groups is 1. The molecule has 5 atom stereocenters. The van der Waals surface area contributed by atoms with E-state index in [1.807, 2.05) is 0 Å². The van der Waals surface area contributed by atoms with E-state index in [0.717, 1.165) is 17.1 Å². The fourth-order valence-electron chi connectivity index (χ4n) is 5.15. The van der Waals surface area contributed by atoms with Crippen molar-refractivity contribution in [2.24, 2.45) is 35.5 Å². The van der Waals surface area contributed by atoms with E-state index in [0.29, 0.717) is 16.9 Å². The summed E-state index contributed by atoms with van der Waals surface area (Å²) in [4.78, 5) is 26.3. The fraction of sp³-hybridized carbons (Fsp3) is 0.476. The molecule has 28 heavy (non-hydrogen) atoms. The molecule has 1 saturated carbocycles. The molecule has 1 aromatic carbocycles. The Balaban J connectivity index is 1.52. The third kappa shape index (κ3) is 3.12. The van der Waals surface area contributed by atoms with Gasteiger partial charge in [0.1, 0.15) is 0 Å². The predicted octanol–water partition coefficient (Wildman–Crippen LogP) is 4.01. The largest absolute Gasteiger partial charge is 0.331 e. The number of carbonyl (C=O) groups is 2. The predicted molar refractivity (Wildman–Crippen MR) is 113 cm³/mol. The summed E-state index contributed by atoms with van der Waals surface area (Å²) in [7, 11) is 0. The summed E-state index contributed by atoms with van der Waals surface area (Å²) in [5.74, 6) is 0.288. The van der Waals surface area contributed by atoms with Crippen LogP contribution in [-0.4, -0.2) is 21.9 Å². The van der Waals surface area contributed by atoms with Gasteiger partial charge in [-0.15, -0.1) is 0 Å². The molecular weight excluding hydrogens is 394 g/mol. The molecule has 1 saturated heterocycles. The minimum atomic E-state index is -0.284. The molecule has 2 unspecified atom stereocenters. The van der Waals surface area contributed by atoms with Crippen molar-refractivity contribution < 1.29 is 9.59 Å². The molecule has 0 radical (unpaired) electrons. The van der Waals surface area contributed by atoms with Crippen LogP contribution in [0.3, 0.4) is 0 Å². The standard InChI is InChI=1S/C21H24ClN3O2S/c1-10(2)14-9-15-11(3)8-16(14)18-17(15)19(26)25(20(18)27)24-21(28)23-13-6-4-12(22)5-7-13/h4-8,10,14-18H,9H2,1-3H3,(H2,23,24,28)/t14-,15+,16+,17?,18?/m1/s1. The van der Waals surface area contributed by atoms with E-state index in [4.69, 9.17) is 23.8 Å². The number of hydrogen-bond acceptors (Lipinski definition) is 3. The first-order valence-electron chi connectivity index (χ1n) is 9.67. The van der Waals surface area contributed by atoms with Crippen LogP contribution in [0.1, 0.15) is 27.2 Å². The molecule has 2 fully saturated rings. The number of benzene rings is 1. The molecule has 1 aromatic rings. The van der Waals surface area contributed by atoms with Crippen LogP contribution in [0.25, 0.3) is 0 Å². The lowest BCUT2D eigenvalue weighted by Gasteiger charge is -2.48. The van der Waals surface area contributed by atoms with Crippen molar-refractivity contribution in [3.05, 3.63) is 40.9 Å². The minimum Gasteiger partial charge on any atom is -0.331 e. The van der Waals surface area contributed by atoms with Crippen molar-refractivity contribution >= 4 is 46.4 Å². The topological polar surface area (TPSA) is 61.4 Å². The average Bonchev–Trinajstić information content (AvgIpc) is 2.90. The quantitative estimate of drug-likeness (QED) is 0.442. The van der Waals surface area contributed by atoms with Crippen LogP contribution in [0.2, 0.25) is 5.02 Å². The first-order valence-corrected chi connectivity index (χ1v) is 10.5. The van der Waals surface area contributed by atoms with Crippen LogP contribution < -0.4 is 10.7 Å². The van der Waals surface area contributed by atoms with Gasteiger partial charge >= 0.3 is 0 Å². The van der Waals surface area contributed by atoms with Gasteiger partial charge in [0.2, 0.25) is 0 Å². The summed E-state index contributed by atoms with van der Waals surface area (Å²) in [5.41, 5.74) is 4.80. The highest BCUT2D eigenvalue weighted by Crippen LogP contribution is 2.56. The van der Waals surface area contributed by atoms with Crippen LogP contribution >= 0.6 is 23.8 Å². The van der Waals surface area contributed by atoms with Crippen molar-refractivity contribution in [3.8, 4) is 0 Å². The molecule has 1 aliphatic heterocycles. The van der Waals surface area contributed by atoms with Gasteiger partial charge in [0, 0.05) is 10.7 Å². The number of amides is 2. The summed E-state index contributed by atoms with van der Waals surface area (Å²) in [6, 6.07) is 7.05. The highest BCUT2D eigenvalue weighted by atomic mass is 35.5. The van der Waals surface area contributed by atoms with E-state index >= 15 is 0 Å². The lowest BCUT2D eigenvalue weighted by atomic mass is 9.54. The molecule has 2 bridgehead atoms. The first kappa shape index (κ1) is 19.4. The number of imide groups is 1. The van der Waals surface area contributed by atoms with Crippen molar-refractivity contribution in [1.29, 1.82) is 0 Å². The summed E-state index contributed by atoms with van der Waals surface area (Å²) >= 11 is 11.2. The maximum Gasteiger partial charge on any atom is 0.252 e. The molecular formula is C21H24ClN3O2S. The molecule has 0 aromatic heterocycles. The number of hydrogen-bond donors (Lipinski definition) is 2. The second-order valence-electron chi connectivity index (χ2n) is 8.37. The monoisotopic (exact) mass is 417 g/mol. The van der Waals surface area contributed by atoms with Crippen LogP contribution in [0.4, 0.5) is 5.69 Å². The maximum atomic E-state index is 13.2. The van der Waals surface area contributed by atoms with Gasteiger partial charge in [0.15, 0.2) is 5.11 Å². The van der Waals surface area contributed by atoms with E-state index in [9.17, 15) is 9.59 Å². The molecule has 1 heterocycles. The Labute approximate surface area is 175 Å². The molecule has 5 nitrogen and oxygen atoms in total. The van der Waals surface area contributed by atoms with Crippen molar-refractivity contribution in [2.75, 3.05) is 5.32 Å². The third-order valence-corrected chi connectivity index (χ3v) is 6.92. The molecule has 148 valence electrons. The van der Waals surface area contributed by atoms with Crippen molar-refractivity contribution in [2.45, 2.75) is 27.2 Å². The normalized spacial score (nSPS) is 31.1. The summed E-state index contributed by atoms with van der Waals surface area (Å²) in [6.45, 7) is 6.49. The number of rotatable bonds is 3. The smallest absolute Gasteiger partial charge is 0.252 e. The van der Waals surface area contributed by atoms with Gasteiger partial charge in [0.25, 0.3) is 11.8 Å².